The molecule has 2 aromatic carbocycles. The fourth-order valence-corrected chi connectivity index (χ4v) is 6.28. The molecule has 4 atom stereocenters. The van der Waals surface area contributed by atoms with Gasteiger partial charge in [-0.25, -0.2) is 14.7 Å². The van der Waals surface area contributed by atoms with Gasteiger partial charge in [-0.1, -0.05) is 38.1 Å². The predicted octanol–water partition coefficient (Wildman–Crippen LogP) is 2.71. The van der Waals surface area contributed by atoms with Crippen molar-refractivity contribution in [3.8, 4) is 11.5 Å². The number of methoxy groups -OCH3 is 1. The fourth-order valence-electron chi connectivity index (χ4n) is 6.28. The average Bonchev–Trinajstić information content (AvgIpc) is 3.74. The number of rotatable bonds is 15. The molecule has 2 aliphatic heterocycles. The summed E-state index contributed by atoms with van der Waals surface area (Å²) >= 11 is 0. The van der Waals surface area contributed by atoms with Gasteiger partial charge in [0.2, 0.25) is 17.7 Å². The summed E-state index contributed by atoms with van der Waals surface area (Å²) in [5, 5.41) is 19.6. The summed E-state index contributed by atoms with van der Waals surface area (Å²) < 4.78 is 18.7. The molecule has 1 fully saturated rings. The number of nitrogens with two attached hydrogens (primary N) is 1. The third-order valence-corrected chi connectivity index (χ3v) is 9.58. The number of carbonyl (C=O) groups is 6. The molecular formula is C39H48N8O10. The lowest BCUT2D eigenvalue weighted by atomic mass is 10.0. The molecule has 57 heavy (non-hydrogen) atoms. The van der Waals surface area contributed by atoms with E-state index in [1.807, 2.05) is 0 Å². The van der Waals surface area contributed by atoms with E-state index in [1.165, 1.54) is 34.9 Å². The minimum absolute atomic E-state index is 0.0285. The number of hydrogen-bond donors (Lipinski definition) is 5. The van der Waals surface area contributed by atoms with Gasteiger partial charge in [-0.15, -0.1) is 0 Å². The van der Waals surface area contributed by atoms with Crippen LogP contribution in [0, 0.1) is 5.92 Å². The Kier molecular flexibility index (Phi) is 13.3. The first-order valence-electron chi connectivity index (χ1n) is 18.3. The molecule has 0 bridgehead atoms. The van der Waals surface area contributed by atoms with Gasteiger partial charge in [0.1, 0.15) is 12.6 Å². The fraction of sp³-hybridized carbons (Fsp3) is 0.410. The van der Waals surface area contributed by atoms with Crippen LogP contribution in [-0.4, -0.2) is 100 Å². The highest BCUT2D eigenvalue weighted by molar-refractivity contribution is 6.06. The standard InChI is InChI=1S/C39H48N8O10/c1-21(2)34(40)36(51)41-23(4)35(50)42-25-11-9-24(10-12-25)20-57-39(54)47-27-16-30(56-13-7-8-33(49)44-31-18-45(5)32(19-48)43-31)29(55-6)15-26(27)37(52)46-17-22(3)14-28(46)38(47)53/h9-12,15-16,18-19,21,23,28,34,38,53H,3,7-8,13-14,17,20,40H2,1-2,4-6H3,(H,41,51)(H,42,50)(H,44,49)/t23-,28?,34-,38+/m0/s1. The highest BCUT2D eigenvalue weighted by atomic mass is 16.6. The minimum atomic E-state index is -1.52. The zero-order chi connectivity index (χ0) is 41.6. The number of aldehydes is 1. The van der Waals surface area contributed by atoms with E-state index in [0.29, 0.717) is 23.1 Å². The highest BCUT2D eigenvalue weighted by Gasteiger charge is 2.46. The number of nitrogens with zero attached hydrogens (tertiary/aromatic N) is 4. The molecule has 304 valence electrons. The first kappa shape index (κ1) is 41.9. The lowest BCUT2D eigenvalue weighted by Crippen LogP contribution is -2.50. The van der Waals surface area contributed by atoms with E-state index in [2.05, 4.69) is 27.5 Å². The number of amides is 5. The molecule has 3 aromatic rings. The van der Waals surface area contributed by atoms with E-state index >= 15 is 0 Å². The summed E-state index contributed by atoms with van der Waals surface area (Å²) in [4.78, 5) is 82.8. The van der Waals surface area contributed by atoms with E-state index in [9.17, 15) is 33.9 Å². The second-order valence-electron chi connectivity index (χ2n) is 14.2. The summed E-state index contributed by atoms with van der Waals surface area (Å²) in [6, 6.07) is 6.92. The predicted molar refractivity (Wildman–Crippen MR) is 208 cm³/mol. The van der Waals surface area contributed by atoms with E-state index < -0.39 is 48.2 Å². The quantitative estimate of drug-likeness (QED) is 0.0850. The second-order valence-corrected chi connectivity index (χ2v) is 14.2. The van der Waals surface area contributed by atoms with Crippen molar-refractivity contribution in [3.63, 3.8) is 0 Å². The Morgan fingerprint density at radius 3 is 2.46 bits per heavy atom. The molecular weight excluding hydrogens is 740 g/mol. The third-order valence-electron chi connectivity index (χ3n) is 9.58. The monoisotopic (exact) mass is 788 g/mol. The Balaban J connectivity index is 1.27. The number of ether oxygens (including phenoxy) is 3. The molecule has 1 unspecified atom stereocenters. The summed E-state index contributed by atoms with van der Waals surface area (Å²) in [5.74, 6) is -1.06. The Bertz CT molecular complexity index is 2030. The highest BCUT2D eigenvalue weighted by Crippen LogP contribution is 2.42. The summed E-state index contributed by atoms with van der Waals surface area (Å²) in [6.45, 7) is 9.14. The molecule has 6 N–H and O–H groups in total. The van der Waals surface area contributed by atoms with Crippen LogP contribution in [0.3, 0.4) is 0 Å². The van der Waals surface area contributed by atoms with E-state index in [-0.39, 0.29) is 85.2 Å². The SMILES string of the molecule is C=C1CC2[C@@H](O)N(C(=O)OCc3ccc(NC(=O)[C@H](C)NC(=O)[C@@H](N)C(C)C)cc3)c3cc(OCCCC(=O)Nc4cn(C)c(C=O)n4)c(OC)cc3C(=O)N2C1. The molecule has 1 aromatic heterocycles. The Hall–Kier alpha value is -6.27. The average molecular weight is 789 g/mol. The third kappa shape index (κ3) is 9.76. The number of aromatic nitrogens is 2. The van der Waals surface area contributed by atoms with Crippen molar-refractivity contribution >= 4 is 53.2 Å². The lowest BCUT2D eigenvalue weighted by Gasteiger charge is -2.31. The van der Waals surface area contributed by atoms with Gasteiger partial charge in [-0.2, -0.15) is 0 Å². The number of benzene rings is 2. The Morgan fingerprint density at radius 2 is 1.81 bits per heavy atom. The number of anilines is 3. The zero-order valence-electron chi connectivity index (χ0n) is 32.4. The smallest absolute Gasteiger partial charge is 0.416 e. The lowest BCUT2D eigenvalue weighted by molar-refractivity contribution is -0.127. The Morgan fingerprint density at radius 1 is 1.09 bits per heavy atom. The van der Waals surface area contributed by atoms with Crippen molar-refractivity contribution in [2.45, 2.75) is 71.0 Å². The number of fused-ring (bicyclic) bond motifs is 2. The van der Waals surface area contributed by atoms with Gasteiger partial charge in [0.05, 0.1) is 37.1 Å². The van der Waals surface area contributed by atoms with Gasteiger partial charge in [-0.3, -0.25) is 24.0 Å². The topological polar surface area (TPSA) is 237 Å². The molecule has 5 amide bonds. The van der Waals surface area contributed by atoms with E-state index in [1.54, 1.807) is 52.1 Å². The van der Waals surface area contributed by atoms with Crippen LogP contribution in [0.1, 0.15) is 66.6 Å². The maximum atomic E-state index is 13.9. The second kappa shape index (κ2) is 18.1. The van der Waals surface area contributed by atoms with Crippen molar-refractivity contribution < 1.29 is 48.1 Å². The molecule has 0 radical (unpaired) electrons. The molecule has 1 saturated heterocycles. The van der Waals surface area contributed by atoms with Crippen molar-refractivity contribution in [1.29, 1.82) is 0 Å². The van der Waals surface area contributed by atoms with Crippen LogP contribution < -0.4 is 36.1 Å². The van der Waals surface area contributed by atoms with Crippen LogP contribution in [0.4, 0.5) is 22.0 Å². The van der Waals surface area contributed by atoms with E-state index in [4.69, 9.17) is 19.9 Å². The molecule has 0 aliphatic carbocycles. The minimum Gasteiger partial charge on any atom is -0.493 e. The van der Waals surface area contributed by atoms with Gasteiger partial charge in [0.25, 0.3) is 5.91 Å². The number of hydrogen-bond acceptors (Lipinski definition) is 12. The zero-order valence-corrected chi connectivity index (χ0v) is 32.4. The van der Waals surface area contributed by atoms with Crippen LogP contribution in [-0.2, 0) is 32.8 Å². The number of carbonyl (C=O) groups excluding carboxylic acids is 6. The van der Waals surface area contributed by atoms with Crippen LogP contribution in [0.5, 0.6) is 11.5 Å². The first-order chi connectivity index (χ1) is 27.1. The number of aliphatic hydroxyl groups excluding tert-OH is 1. The van der Waals surface area contributed by atoms with Crippen molar-refractivity contribution in [3.05, 3.63) is 71.7 Å². The molecule has 0 saturated carbocycles. The van der Waals surface area contributed by atoms with Crippen LogP contribution in [0.25, 0.3) is 0 Å². The maximum Gasteiger partial charge on any atom is 0.416 e. The molecule has 5 rings (SSSR count). The van der Waals surface area contributed by atoms with Gasteiger partial charge >= 0.3 is 6.09 Å². The van der Waals surface area contributed by atoms with Gasteiger partial charge in [-0.05, 0) is 49.4 Å². The molecule has 18 heteroatoms. The largest absolute Gasteiger partial charge is 0.493 e. The first-order valence-corrected chi connectivity index (χ1v) is 18.3. The van der Waals surface area contributed by atoms with Gasteiger partial charge < -0.3 is 50.5 Å². The number of imidazole rings is 1. The summed E-state index contributed by atoms with van der Waals surface area (Å²) in [5.41, 5.74) is 7.66. The Labute approximate surface area is 329 Å². The number of aryl methyl sites for hydroxylation is 1. The number of aliphatic hydroxyl groups is 1. The van der Waals surface area contributed by atoms with Gasteiger partial charge in [0.15, 0.2) is 35.7 Å². The molecule has 3 heterocycles. The van der Waals surface area contributed by atoms with E-state index in [0.717, 1.165) is 4.90 Å². The van der Waals surface area contributed by atoms with Crippen LogP contribution in [0.2, 0.25) is 0 Å². The molecule has 2 aliphatic rings. The van der Waals surface area contributed by atoms with Gasteiger partial charge in [0, 0.05) is 38.0 Å². The van der Waals surface area contributed by atoms with Crippen LogP contribution >= 0.6 is 0 Å². The van der Waals surface area contributed by atoms with Crippen molar-refractivity contribution in [2.75, 3.05) is 35.8 Å². The van der Waals surface area contributed by atoms with Crippen LogP contribution in [0.15, 0.2) is 54.7 Å². The number of nitrogens with one attached hydrogen (secondary N) is 3. The summed E-state index contributed by atoms with van der Waals surface area (Å²) in [7, 11) is 3.02. The van der Waals surface area contributed by atoms with Crippen molar-refractivity contribution in [1.82, 2.24) is 19.8 Å². The molecule has 18 nitrogen and oxygen atoms in total. The molecule has 0 spiro atoms. The van der Waals surface area contributed by atoms with Crippen molar-refractivity contribution in [2.24, 2.45) is 18.7 Å². The summed E-state index contributed by atoms with van der Waals surface area (Å²) in [6.07, 6.45) is 0.188. The normalized spacial score (nSPS) is 17.2. The maximum absolute atomic E-state index is 13.9.